The summed E-state index contributed by atoms with van der Waals surface area (Å²) in [5, 5.41) is 9.44. The average Bonchev–Trinajstić information content (AvgIpc) is 2.46. The maximum absolute atomic E-state index is 12.4. The van der Waals surface area contributed by atoms with Crippen LogP contribution >= 0.6 is 0 Å². The molecule has 1 fully saturated rings. The van der Waals surface area contributed by atoms with Crippen LogP contribution in [-0.2, 0) is 10.0 Å². The Morgan fingerprint density at radius 3 is 2.40 bits per heavy atom. The van der Waals surface area contributed by atoms with Crippen LogP contribution in [0.25, 0.3) is 0 Å². The van der Waals surface area contributed by atoms with Gasteiger partial charge in [0.1, 0.15) is 0 Å². The number of rotatable bonds is 2. The summed E-state index contributed by atoms with van der Waals surface area (Å²) in [6.07, 6.45) is 0.578. The van der Waals surface area contributed by atoms with Crippen LogP contribution in [0.1, 0.15) is 18.4 Å². The van der Waals surface area contributed by atoms with Gasteiger partial charge in [0.2, 0.25) is 10.0 Å². The van der Waals surface area contributed by atoms with E-state index in [1.54, 1.807) is 24.3 Å². The smallest absolute Gasteiger partial charge is 0.243 e. The zero-order chi connectivity index (χ0) is 14.6. The van der Waals surface area contributed by atoms with Crippen molar-refractivity contribution in [1.82, 2.24) is 4.31 Å². The summed E-state index contributed by atoms with van der Waals surface area (Å²) in [7, 11) is -3.47. The molecular formula is C14H18N2O3S. The van der Waals surface area contributed by atoms with Gasteiger partial charge in [0.05, 0.1) is 17.5 Å². The lowest BCUT2D eigenvalue weighted by molar-refractivity contribution is 0.113. The molecule has 0 unspecified atom stereocenters. The van der Waals surface area contributed by atoms with Crippen molar-refractivity contribution in [3.63, 3.8) is 0 Å². The van der Waals surface area contributed by atoms with Gasteiger partial charge in [-0.15, -0.1) is 0 Å². The molecule has 3 N–H and O–H groups in total. The topological polar surface area (TPSA) is 83.6 Å². The highest BCUT2D eigenvalue weighted by Gasteiger charge is 2.28. The summed E-state index contributed by atoms with van der Waals surface area (Å²) >= 11 is 0. The third-order valence-corrected chi connectivity index (χ3v) is 5.16. The van der Waals surface area contributed by atoms with Gasteiger partial charge >= 0.3 is 0 Å². The second-order valence-corrected chi connectivity index (χ2v) is 6.60. The molecule has 2 rings (SSSR count). The van der Waals surface area contributed by atoms with Gasteiger partial charge in [-0.05, 0) is 37.1 Å². The van der Waals surface area contributed by atoms with Gasteiger partial charge < -0.3 is 10.8 Å². The van der Waals surface area contributed by atoms with E-state index in [4.69, 9.17) is 5.73 Å². The second-order valence-electron chi connectivity index (χ2n) is 4.67. The van der Waals surface area contributed by atoms with E-state index < -0.39 is 16.1 Å². The van der Waals surface area contributed by atoms with Crippen LogP contribution in [0.15, 0.2) is 29.2 Å². The Labute approximate surface area is 119 Å². The Morgan fingerprint density at radius 1 is 1.25 bits per heavy atom. The number of hydrogen-bond donors (Lipinski definition) is 2. The molecule has 1 saturated heterocycles. The van der Waals surface area contributed by atoms with Crippen molar-refractivity contribution >= 4 is 10.0 Å². The van der Waals surface area contributed by atoms with Gasteiger partial charge in [-0.3, -0.25) is 0 Å². The van der Waals surface area contributed by atoms with Gasteiger partial charge in [-0.25, -0.2) is 8.42 Å². The number of aliphatic hydroxyl groups excluding tert-OH is 1. The lowest BCUT2D eigenvalue weighted by Gasteiger charge is -2.28. The van der Waals surface area contributed by atoms with Gasteiger partial charge in [0.25, 0.3) is 0 Å². The first-order valence-electron chi connectivity index (χ1n) is 6.51. The van der Waals surface area contributed by atoms with E-state index in [1.165, 1.54) is 4.31 Å². The number of hydrogen-bond acceptors (Lipinski definition) is 4. The quantitative estimate of drug-likeness (QED) is 0.760. The lowest BCUT2D eigenvalue weighted by atomic mass is 10.1. The van der Waals surface area contributed by atoms with Crippen LogP contribution in [0, 0.1) is 11.8 Å². The minimum Gasteiger partial charge on any atom is -0.393 e. The Morgan fingerprint density at radius 2 is 1.85 bits per heavy atom. The molecule has 0 spiro atoms. The third-order valence-electron chi connectivity index (χ3n) is 3.25. The van der Waals surface area contributed by atoms with E-state index >= 15 is 0 Å². The second kappa shape index (κ2) is 6.37. The standard InChI is InChI=1S/C14H18N2O3S/c15-9-1-2-12-3-5-14(6-4-12)20(18,19)16-10-7-13(17)8-11-16/h3-6,13,17H,7-11,15H2. The zero-order valence-corrected chi connectivity index (χ0v) is 11.9. The molecule has 108 valence electrons. The summed E-state index contributed by atoms with van der Waals surface area (Å²) in [5.41, 5.74) is 6.03. The predicted octanol–water partition coefficient (Wildman–Crippen LogP) is 0.142. The normalized spacial score (nSPS) is 17.5. The number of aliphatic hydroxyl groups is 1. The molecule has 6 heteroatoms. The van der Waals surface area contributed by atoms with Crippen molar-refractivity contribution in [3.8, 4) is 11.8 Å². The molecule has 0 amide bonds. The van der Waals surface area contributed by atoms with E-state index in [-0.39, 0.29) is 11.4 Å². The molecule has 1 heterocycles. The highest BCUT2D eigenvalue weighted by molar-refractivity contribution is 7.89. The first-order valence-corrected chi connectivity index (χ1v) is 7.95. The lowest BCUT2D eigenvalue weighted by Crippen LogP contribution is -2.39. The van der Waals surface area contributed by atoms with Crippen molar-refractivity contribution in [2.45, 2.75) is 23.8 Å². The number of benzene rings is 1. The molecule has 5 nitrogen and oxygen atoms in total. The monoisotopic (exact) mass is 294 g/mol. The third kappa shape index (κ3) is 3.38. The fraction of sp³-hybridized carbons (Fsp3) is 0.429. The van der Waals surface area contributed by atoms with Gasteiger partial charge in [-0.1, -0.05) is 11.8 Å². The predicted molar refractivity (Wildman–Crippen MR) is 76.4 cm³/mol. The molecule has 0 saturated carbocycles. The van der Waals surface area contributed by atoms with Crippen LogP contribution in [0.2, 0.25) is 0 Å². The number of sulfonamides is 1. The summed E-state index contributed by atoms with van der Waals surface area (Å²) in [5.74, 6) is 5.57. The Balaban J connectivity index is 2.17. The Kier molecular flexibility index (Phi) is 4.78. The SMILES string of the molecule is NCC#Cc1ccc(S(=O)(=O)N2CCC(O)CC2)cc1. The summed E-state index contributed by atoms with van der Waals surface area (Å²) < 4.78 is 26.2. The molecule has 0 atom stereocenters. The highest BCUT2D eigenvalue weighted by Crippen LogP contribution is 2.20. The molecule has 0 radical (unpaired) electrons. The highest BCUT2D eigenvalue weighted by atomic mass is 32.2. The molecule has 20 heavy (non-hydrogen) atoms. The summed E-state index contributed by atoms with van der Waals surface area (Å²) in [4.78, 5) is 0.257. The van der Waals surface area contributed by atoms with Crippen molar-refractivity contribution in [2.75, 3.05) is 19.6 Å². The largest absolute Gasteiger partial charge is 0.393 e. The number of piperidine rings is 1. The van der Waals surface area contributed by atoms with Crippen LogP contribution in [0.4, 0.5) is 0 Å². The molecule has 1 aromatic rings. The van der Waals surface area contributed by atoms with Gasteiger partial charge in [0, 0.05) is 18.7 Å². The van der Waals surface area contributed by atoms with E-state index in [9.17, 15) is 13.5 Å². The first kappa shape index (κ1) is 15.0. The van der Waals surface area contributed by atoms with Gasteiger partial charge in [0.15, 0.2) is 0 Å². The van der Waals surface area contributed by atoms with Crippen LogP contribution in [-0.4, -0.2) is 43.6 Å². The molecule has 0 bridgehead atoms. The average molecular weight is 294 g/mol. The minimum absolute atomic E-state index is 0.257. The van der Waals surface area contributed by atoms with Crippen LogP contribution in [0.5, 0.6) is 0 Å². The van der Waals surface area contributed by atoms with E-state index in [0.717, 1.165) is 5.56 Å². The number of nitrogens with zero attached hydrogens (tertiary/aromatic N) is 1. The van der Waals surface area contributed by atoms with Crippen molar-refractivity contribution in [1.29, 1.82) is 0 Å². The summed E-state index contributed by atoms with van der Waals surface area (Å²) in [6.45, 7) is 0.993. The van der Waals surface area contributed by atoms with Crippen molar-refractivity contribution in [3.05, 3.63) is 29.8 Å². The molecule has 0 aromatic heterocycles. The van der Waals surface area contributed by atoms with E-state index in [1.807, 2.05) is 0 Å². The van der Waals surface area contributed by atoms with Crippen LogP contribution in [0.3, 0.4) is 0 Å². The molecule has 0 aliphatic carbocycles. The molecule has 1 aromatic carbocycles. The number of nitrogens with two attached hydrogens (primary N) is 1. The van der Waals surface area contributed by atoms with Crippen LogP contribution < -0.4 is 5.73 Å². The Bertz CT molecular complexity index is 606. The van der Waals surface area contributed by atoms with Crippen molar-refractivity contribution in [2.24, 2.45) is 5.73 Å². The first-order chi connectivity index (χ1) is 9.54. The van der Waals surface area contributed by atoms with Gasteiger partial charge in [-0.2, -0.15) is 4.31 Å². The fourth-order valence-electron chi connectivity index (χ4n) is 2.09. The maximum atomic E-state index is 12.4. The fourth-order valence-corrected chi connectivity index (χ4v) is 3.56. The van der Waals surface area contributed by atoms with E-state index in [2.05, 4.69) is 11.8 Å². The van der Waals surface area contributed by atoms with E-state index in [0.29, 0.717) is 25.9 Å². The minimum atomic E-state index is -3.47. The zero-order valence-electron chi connectivity index (χ0n) is 11.1. The van der Waals surface area contributed by atoms with Crippen molar-refractivity contribution < 1.29 is 13.5 Å². The maximum Gasteiger partial charge on any atom is 0.243 e. The molecule has 1 aliphatic rings. The molecule has 1 aliphatic heterocycles. The Hall–Kier alpha value is -1.39. The molecular weight excluding hydrogens is 276 g/mol. The summed E-state index contributed by atoms with van der Waals surface area (Å²) in [6, 6.07) is 6.46.